The summed E-state index contributed by atoms with van der Waals surface area (Å²) in [5, 5.41) is 0. The van der Waals surface area contributed by atoms with E-state index in [1.54, 1.807) is 4.90 Å². The van der Waals surface area contributed by atoms with Crippen LogP contribution in [0.25, 0.3) is 0 Å². The lowest BCUT2D eigenvalue weighted by Crippen LogP contribution is -2.62. The highest BCUT2D eigenvalue weighted by Crippen LogP contribution is 2.46. The maximum Gasteiger partial charge on any atom is 0.410 e. The van der Waals surface area contributed by atoms with Crippen molar-refractivity contribution in [2.75, 3.05) is 0 Å². The zero-order chi connectivity index (χ0) is 21.3. The molecule has 0 bridgehead atoms. The summed E-state index contributed by atoms with van der Waals surface area (Å²) in [6.07, 6.45) is -3.01. The number of hydrogen-bond acceptors (Lipinski definition) is 7. The molecule has 4 fully saturated rings. The predicted octanol–water partition coefficient (Wildman–Crippen LogP) is 2.79. The average Bonchev–Trinajstić information content (AvgIpc) is 3.24. The van der Waals surface area contributed by atoms with Crippen LogP contribution in [0.4, 0.5) is 4.79 Å². The standard InChI is InChI=1S/C22H29NO7/c1-12-14(23(20(24)25-12)11-13-9-7-6-8-10-13)15-16-17(28-21(2,3)27-16)18-19(26-15)30-22(4,5)29-18/h6-10,12,14-19H,11H2,1-5H3/t12-,14-,15-,16+,17+,18-,19-/m1/s1. The van der Waals surface area contributed by atoms with Gasteiger partial charge in [0, 0.05) is 6.54 Å². The second kappa shape index (κ2) is 6.90. The Hall–Kier alpha value is -1.71. The number of nitrogens with zero attached hydrogens (tertiary/aromatic N) is 1. The summed E-state index contributed by atoms with van der Waals surface area (Å²) in [5.41, 5.74) is 1.02. The van der Waals surface area contributed by atoms with Crippen molar-refractivity contribution in [1.82, 2.24) is 4.90 Å². The van der Waals surface area contributed by atoms with Gasteiger partial charge in [0.25, 0.3) is 0 Å². The van der Waals surface area contributed by atoms with Gasteiger partial charge in [-0.25, -0.2) is 4.79 Å². The van der Waals surface area contributed by atoms with Gasteiger partial charge in [-0.1, -0.05) is 30.3 Å². The first-order valence-electron chi connectivity index (χ1n) is 10.5. The summed E-state index contributed by atoms with van der Waals surface area (Å²) in [4.78, 5) is 14.4. The van der Waals surface area contributed by atoms with E-state index >= 15 is 0 Å². The third kappa shape index (κ3) is 3.40. The Bertz CT molecular complexity index is 813. The molecular formula is C22H29NO7. The van der Waals surface area contributed by atoms with Crippen molar-refractivity contribution < 1.29 is 33.2 Å². The number of hydrogen-bond donors (Lipinski definition) is 0. The summed E-state index contributed by atoms with van der Waals surface area (Å²) in [7, 11) is 0. The van der Waals surface area contributed by atoms with Gasteiger partial charge in [-0.15, -0.1) is 0 Å². The van der Waals surface area contributed by atoms with Gasteiger partial charge in [0.1, 0.15) is 36.6 Å². The zero-order valence-electron chi connectivity index (χ0n) is 17.9. The van der Waals surface area contributed by atoms with Crippen LogP contribution >= 0.6 is 0 Å². The fourth-order valence-electron chi connectivity index (χ4n) is 4.98. The number of cyclic esters (lactones) is 1. The first kappa shape index (κ1) is 20.2. The predicted molar refractivity (Wildman–Crippen MR) is 104 cm³/mol. The number of benzene rings is 1. The SMILES string of the molecule is C[C@H]1OC(=O)N(Cc2ccccc2)[C@H]1[C@H]1O[C@@H]2OC(C)(C)O[C@@H]2[C@H]2OC(C)(C)O[C@H]21. The Labute approximate surface area is 176 Å². The zero-order valence-corrected chi connectivity index (χ0v) is 17.9. The summed E-state index contributed by atoms with van der Waals surface area (Å²) >= 11 is 0. The molecule has 1 amide bonds. The van der Waals surface area contributed by atoms with E-state index in [0.717, 1.165) is 5.56 Å². The van der Waals surface area contributed by atoms with Crippen LogP contribution in [0.15, 0.2) is 30.3 Å². The fourth-order valence-corrected chi connectivity index (χ4v) is 4.98. The van der Waals surface area contributed by atoms with Gasteiger partial charge in [-0.05, 0) is 40.2 Å². The second-order valence-corrected chi connectivity index (χ2v) is 9.33. The molecule has 8 nitrogen and oxygen atoms in total. The van der Waals surface area contributed by atoms with E-state index in [0.29, 0.717) is 6.54 Å². The van der Waals surface area contributed by atoms with E-state index in [2.05, 4.69) is 0 Å². The number of carbonyl (C=O) groups is 1. The molecule has 4 saturated heterocycles. The molecule has 0 unspecified atom stereocenters. The van der Waals surface area contributed by atoms with Crippen molar-refractivity contribution >= 4 is 6.09 Å². The number of ether oxygens (including phenoxy) is 6. The van der Waals surface area contributed by atoms with Crippen LogP contribution in [0.1, 0.15) is 40.2 Å². The molecule has 0 radical (unpaired) electrons. The lowest BCUT2D eigenvalue weighted by Gasteiger charge is -2.42. The number of rotatable bonds is 3. The van der Waals surface area contributed by atoms with Gasteiger partial charge < -0.3 is 28.4 Å². The molecule has 0 spiro atoms. The maximum atomic E-state index is 12.7. The Morgan fingerprint density at radius 2 is 1.47 bits per heavy atom. The normalized spacial score (nSPS) is 41.4. The lowest BCUT2D eigenvalue weighted by molar-refractivity contribution is -0.245. The van der Waals surface area contributed by atoms with Crippen LogP contribution in [-0.4, -0.2) is 65.4 Å². The highest BCUT2D eigenvalue weighted by molar-refractivity contribution is 5.71. The average molecular weight is 419 g/mol. The Morgan fingerprint density at radius 3 is 2.17 bits per heavy atom. The van der Waals surface area contributed by atoms with Crippen molar-refractivity contribution in [3.8, 4) is 0 Å². The lowest BCUT2D eigenvalue weighted by atomic mass is 9.91. The first-order valence-corrected chi connectivity index (χ1v) is 10.5. The summed E-state index contributed by atoms with van der Waals surface area (Å²) < 4.78 is 36.6. The molecule has 0 aliphatic carbocycles. The minimum Gasteiger partial charge on any atom is -0.444 e. The van der Waals surface area contributed by atoms with Crippen LogP contribution in [0, 0.1) is 0 Å². The fraction of sp³-hybridized carbons (Fsp3) is 0.682. The van der Waals surface area contributed by atoms with Crippen LogP contribution < -0.4 is 0 Å². The highest BCUT2D eigenvalue weighted by atomic mass is 16.9. The van der Waals surface area contributed by atoms with Crippen molar-refractivity contribution in [1.29, 1.82) is 0 Å². The molecule has 7 atom stereocenters. The Kier molecular flexibility index (Phi) is 4.65. The van der Waals surface area contributed by atoms with Gasteiger partial charge in [-0.3, -0.25) is 4.90 Å². The molecule has 30 heavy (non-hydrogen) atoms. The maximum absolute atomic E-state index is 12.7. The van der Waals surface area contributed by atoms with E-state index in [-0.39, 0.29) is 24.3 Å². The molecule has 1 aromatic carbocycles. The summed E-state index contributed by atoms with van der Waals surface area (Å²) in [5.74, 6) is -1.58. The van der Waals surface area contributed by atoms with E-state index in [9.17, 15) is 4.79 Å². The molecule has 0 N–H and O–H groups in total. The molecule has 0 saturated carbocycles. The van der Waals surface area contributed by atoms with Crippen molar-refractivity contribution in [2.45, 2.75) is 95.6 Å². The molecule has 0 aromatic heterocycles. The quantitative estimate of drug-likeness (QED) is 0.746. The molecule has 4 aliphatic heterocycles. The Morgan fingerprint density at radius 1 is 0.867 bits per heavy atom. The van der Waals surface area contributed by atoms with E-state index in [1.807, 2.05) is 65.0 Å². The smallest absolute Gasteiger partial charge is 0.410 e. The first-order chi connectivity index (χ1) is 14.1. The second-order valence-electron chi connectivity index (χ2n) is 9.33. The van der Waals surface area contributed by atoms with Crippen molar-refractivity contribution in [3.05, 3.63) is 35.9 Å². The molecule has 164 valence electrons. The van der Waals surface area contributed by atoms with Crippen molar-refractivity contribution in [3.63, 3.8) is 0 Å². The van der Waals surface area contributed by atoms with Crippen LogP contribution in [0.3, 0.4) is 0 Å². The van der Waals surface area contributed by atoms with E-state index < -0.39 is 36.2 Å². The monoisotopic (exact) mass is 419 g/mol. The minimum absolute atomic E-state index is 0.351. The number of fused-ring (bicyclic) bond motifs is 3. The largest absolute Gasteiger partial charge is 0.444 e. The van der Waals surface area contributed by atoms with Crippen LogP contribution in [0.5, 0.6) is 0 Å². The summed E-state index contributed by atoms with van der Waals surface area (Å²) in [6.45, 7) is 9.76. The third-order valence-electron chi connectivity index (χ3n) is 6.08. The topological polar surface area (TPSA) is 75.7 Å². The van der Waals surface area contributed by atoms with E-state index in [1.165, 1.54) is 0 Å². The number of carbonyl (C=O) groups excluding carboxylic acids is 1. The minimum atomic E-state index is -0.793. The van der Waals surface area contributed by atoms with Gasteiger partial charge in [-0.2, -0.15) is 0 Å². The van der Waals surface area contributed by atoms with Gasteiger partial charge >= 0.3 is 6.09 Å². The molecule has 8 heteroatoms. The molecular weight excluding hydrogens is 390 g/mol. The van der Waals surface area contributed by atoms with Gasteiger partial charge in [0.15, 0.2) is 17.9 Å². The summed E-state index contributed by atoms with van der Waals surface area (Å²) in [6, 6.07) is 9.48. The molecule has 4 aliphatic rings. The highest BCUT2D eigenvalue weighted by Gasteiger charge is 2.64. The van der Waals surface area contributed by atoms with E-state index in [4.69, 9.17) is 28.4 Å². The Balaban J connectivity index is 1.47. The van der Waals surface area contributed by atoms with Crippen LogP contribution in [0.2, 0.25) is 0 Å². The molecule has 4 heterocycles. The van der Waals surface area contributed by atoms with Crippen molar-refractivity contribution in [2.24, 2.45) is 0 Å². The number of amides is 1. The third-order valence-corrected chi connectivity index (χ3v) is 6.08. The molecule has 1 aromatic rings. The molecule has 5 rings (SSSR count). The van der Waals surface area contributed by atoms with Crippen LogP contribution in [-0.2, 0) is 35.0 Å². The van der Waals surface area contributed by atoms with Gasteiger partial charge in [0.2, 0.25) is 0 Å². The van der Waals surface area contributed by atoms with Gasteiger partial charge in [0.05, 0.1) is 0 Å².